The van der Waals surface area contributed by atoms with Crippen molar-refractivity contribution in [2.75, 3.05) is 12.3 Å². The molecule has 2 aromatic rings. The number of rotatable bonds is 25. The van der Waals surface area contributed by atoms with Gasteiger partial charge >= 0.3 is 0 Å². The Bertz CT molecular complexity index is 1320. The minimum Gasteiger partial charge on any atom is -0.414 e. The molecule has 50 heavy (non-hydrogen) atoms. The van der Waals surface area contributed by atoms with Crippen molar-refractivity contribution in [3.05, 3.63) is 16.7 Å². The zero-order valence-electron chi connectivity index (χ0n) is 32.6. The molecule has 3 N–H and O–H groups in total. The van der Waals surface area contributed by atoms with Crippen LogP contribution in [0.15, 0.2) is 11.1 Å². The van der Waals surface area contributed by atoms with Gasteiger partial charge in [0.15, 0.2) is 31.5 Å². The van der Waals surface area contributed by atoms with Crippen LogP contribution >= 0.6 is 0 Å². The number of ether oxygens (including phenoxy) is 3. The standard InChI is InChI=1S/C39H71N5O5Si/c1-8-9-10-11-12-13-14-15-16-17-18-19-20-21-22-23-24-50(26-29(2)3,27-30(4)5)46-25-31-33-34(49-39(6,7)48-33)37(47-31)44-28-41-32-35(44)42-38(40)43-36(32)45/h28-31,33-34,37H,8-27H2,1-7H3,(H3,40,42,43,45)/t31-,33-,34-,37-/m1/s1. The summed E-state index contributed by atoms with van der Waals surface area (Å²) < 4.78 is 28.4. The molecule has 0 unspecified atom stereocenters. The van der Waals surface area contributed by atoms with Gasteiger partial charge in [0.05, 0.1) is 12.9 Å². The van der Waals surface area contributed by atoms with Crippen molar-refractivity contribution in [3.8, 4) is 0 Å². The van der Waals surface area contributed by atoms with E-state index in [1.165, 1.54) is 109 Å². The van der Waals surface area contributed by atoms with Crippen molar-refractivity contribution < 1.29 is 18.6 Å². The van der Waals surface area contributed by atoms with Crippen LogP contribution in [0, 0.1) is 11.8 Å². The Morgan fingerprint density at radius 1 is 0.860 bits per heavy atom. The van der Waals surface area contributed by atoms with Gasteiger partial charge in [-0.05, 0) is 43.8 Å². The first-order valence-electron chi connectivity index (χ1n) is 20.3. The maximum Gasteiger partial charge on any atom is 0.280 e. The largest absolute Gasteiger partial charge is 0.414 e. The zero-order valence-corrected chi connectivity index (χ0v) is 33.6. The summed E-state index contributed by atoms with van der Waals surface area (Å²) in [4.78, 5) is 23.7. The molecule has 4 rings (SSSR count). The van der Waals surface area contributed by atoms with Crippen molar-refractivity contribution >= 4 is 25.4 Å². The van der Waals surface area contributed by atoms with Gasteiger partial charge in [-0.2, -0.15) is 4.98 Å². The number of hydrogen-bond acceptors (Lipinski definition) is 8. The third kappa shape index (κ3) is 12.1. The Morgan fingerprint density at radius 3 is 1.92 bits per heavy atom. The van der Waals surface area contributed by atoms with E-state index in [2.05, 4.69) is 49.6 Å². The third-order valence-corrected chi connectivity index (χ3v) is 15.6. The number of nitrogens with zero attached hydrogens (tertiary/aromatic N) is 3. The smallest absolute Gasteiger partial charge is 0.280 e. The Kier molecular flexibility index (Phi) is 16.3. The average molecular weight is 718 g/mol. The predicted octanol–water partition coefficient (Wildman–Crippen LogP) is 9.65. The van der Waals surface area contributed by atoms with E-state index < -0.39 is 26.4 Å². The summed E-state index contributed by atoms with van der Waals surface area (Å²) in [6, 6.07) is 3.48. The van der Waals surface area contributed by atoms with Gasteiger partial charge in [-0.25, -0.2) is 4.98 Å². The Morgan fingerprint density at radius 2 is 1.38 bits per heavy atom. The second-order valence-corrected chi connectivity index (χ2v) is 20.6. The quantitative estimate of drug-likeness (QED) is 0.0768. The fraction of sp³-hybridized carbons (Fsp3) is 0.872. The first-order chi connectivity index (χ1) is 23.9. The van der Waals surface area contributed by atoms with Crippen molar-refractivity contribution in [3.63, 3.8) is 0 Å². The van der Waals surface area contributed by atoms with Crippen LogP contribution in [0.1, 0.15) is 157 Å². The van der Waals surface area contributed by atoms with Crippen LogP contribution in [-0.4, -0.2) is 58.5 Å². The topological polar surface area (TPSA) is 127 Å². The number of aromatic amines is 1. The molecule has 2 aliphatic rings. The number of unbranched alkanes of at least 4 members (excludes halogenated alkanes) is 15. The van der Waals surface area contributed by atoms with Gasteiger partial charge in [0.25, 0.3) is 5.56 Å². The van der Waals surface area contributed by atoms with E-state index in [9.17, 15) is 4.79 Å². The van der Waals surface area contributed by atoms with E-state index in [1.807, 2.05) is 13.8 Å². The van der Waals surface area contributed by atoms with Crippen LogP contribution in [0.3, 0.4) is 0 Å². The van der Waals surface area contributed by atoms with E-state index in [0.29, 0.717) is 24.1 Å². The molecule has 0 aromatic carbocycles. The van der Waals surface area contributed by atoms with Crippen LogP contribution in [0.25, 0.3) is 11.2 Å². The van der Waals surface area contributed by atoms with Gasteiger partial charge in [0, 0.05) is 0 Å². The molecule has 0 spiro atoms. The monoisotopic (exact) mass is 718 g/mol. The van der Waals surface area contributed by atoms with Gasteiger partial charge in [0.2, 0.25) is 5.95 Å². The maximum absolute atomic E-state index is 12.5. The molecule has 4 heterocycles. The molecule has 286 valence electrons. The highest BCUT2D eigenvalue weighted by atomic mass is 28.4. The summed E-state index contributed by atoms with van der Waals surface area (Å²) in [6.45, 7) is 15.9. The van der Waals surface area contributed by atoms with Crippen LogP contribution in [0.2, 0.25) is 18.1 Å². The molecule has 4 atom stereocenters. The van der Waals surface area contributed by atoms with E-state index in [1.54, 1.807) is 10.9 Å². The summed E-state index contributed by atoms with van der Waals surface area (Å²) >= 11 is 0. The minimum atomic E-state index is -2.09. The van der Waals surface area contributed by atoms with Gasteiger partial charge in [0.1, 0.15) is 18.3 Å². The van der Waals surface area contributed by atoms with Crippen molar-refractivity contribution in [1.29, 1.82) is 0 Å². The number of H-pyrrole nitrogens is 1. The molecule has 2 aromatic heterocycles. The number of hydrogen-bond donors (Lipinski definition) is 2. The average Bonchev–Trinajstić information content (AvgIpc) is 3.69. The van der Waals surface area contributed by atoms with E-state index in [0.717, 1.165) is 12.1 Å². The lowest BCUT2D eigenvalue weighted by Gasteiger charge is -2.36. The highest BCUT2D eigenvalue weighted by Gasteiger charge is 2.56. The lowest BCUT2D eigenvalue weighted by molar-refractivity contribution is -0.199. The molecule has 2 saturated heterocycles. The van der Waals surface area contributed by atoms with Crippen LogP contribution in [-0.2, 0) is 18.6 Å². The van der Waals surface area contributed by atoms with Crippen LogP contribution < -0.4 is 11.3 Å². The Balaban J connectivity index is 1.28. The molecular formula is C39H71N5O5Si. The molecule has 2 fully saturated rings. The SMILES string of the molecule is CCCCCCCCCCCCCCCCCC[Si](CC(C)C)(CC(C)C)OC[C@H]1O[C@@H](n2cnc3c(=O)[nH]c(N)nc32)[C@@H]2OC(C)(C)O[C@@H]21. The first-order valence-corrected chi connectivity index (χ1v) is 22.8. The summed E-state index contributed by atoms with van der Waals surface area (Å²) in [5, 5.41) is 0. The highest BCUT2D eigenvalue weighted by Crippen LogP contribution is 2.44. The molecular weight excluding hydrogens is 647 g/mol. The number of imidazole rings is 1. The minimum absolute atomic E-state index is 0.0369. The fourth-order valence-electron chi connectivity index (χ4n) is 8.37. The predicted molar refractivity (Wildman–Crippen MR) is 206 cm³/mol. The van der Waals surface area contributed by atoms with E-state index in [4.69, 9.17) is 24.4 Å². The highest BCUT2D eigenvalue weighted by molar-refractivity contribution is 6.73. The molecule has 0 radical (unpaired) electrons. The number of anilines is 1. The summed E-state index contributed by atoms with van der Waals surface area (Å²) in [6.07, 6.45) is 22.1. The lowest BCUT2D eigenvalue weighted by Crippen LogP contribution is -2.44. The van der Waals surface area contributed by atoms with Gasteiger partial charge in [-0.15, -0.1) is 0 Å². The Labute approximate surface area is 303 Å². The van der Waals surface area contributed by atoms with E-state index >= 15 is 0 Å². The summed E-state index contributed by atoms with van der Waals surface area (Å²) in [5.74, 6) is 0.412. The zero-order chi connectivity index (χ0) is 36.1. The normalized spacial score (nSPS) is 22.0. The molecule has 0 bridgehead atoms. The fourth-order valence-corrected chi connectivity index (χ4v) is 13.7. The third-order valence-electron chi connectivity index (χ3n) is 10.5. The van der Waals surface area contributed by atoms with Gasteiger partial charge in [-0.3, -0.25) is 14.3 Å². The molecule has 10 nitrogen and oxygen atoms in total. The number of aromatic nitrogens is 4. The Hall–Kier alpha value is -1.79. The van der Waals surface area contributed by atoms with Crippen molar-refractivity contribution in [2.24, 2.45) is 11.8 Å². The molecule has 11 heteroatoms. The number of nitrogens with one attached hydrogen (secondary N) is 1. The molecule has 2 aliphatic heterocycles. The van der Waals surface area contributed by atoms with Crippen molar-refractivity contribution in [1.82, 2.24) is 19.5 Å². The van der Waals surface area contributed by atoms with Crippen LogP contribution in [0.4, 0.5) is 5.95 Å². The lowest BCUT2D eigenvalue weighted by atomic mass is 10.0. The van der Waals surface area contributed by atoms with Crippen molar-refractivity contribution in [2.45, 2.75) is 200 Å². The van der Waals surface area contributed by atoms with E-state index in [-0.39, 0.29) is 29.2 Å². The number of fused-ring (bicyclic) bond motifs is 2. The second kappa shape index (κ2) is 19.9. The molecule has 0 saturated carbocycles. The maximum atomic E-state index is 12.5. The first kappa shape index (κ1) is 41.0. The number of nitrogens with two attached hydrogens (primary N) is 1. The second-order valence-electron chi connectivity index (χ2n) is 16.6. The summed E-state index contributed by atoms with van der Waals surface area (Å²) in [5.41, 5.74) is 6.11. The summed E-state index contributed by atoms with van der Waals surface area (Å²) in [7, 11) is -2.09. The van der Waals surface area contributed by atoms with Crippen LogP contribution in [0.5, 0.6) is 0 Å². The van der Waals surface area contributed by atoms with Gasteiger partial charge < -0.3 is 24.4 Å². The molecule has 0 amide bonds. The molecule has 0 aliphatic carbocycles. The number of nitrogen functional groups attached to an aromatic ring is 1. The van der Waals surface area contributed by atoms with Gasteiger partial charge in [-0.1, -0.05) is 137 Å².